The molecule has 1 atom stereocenters. The summed E-state index contributed by atoms with van der Waals surface area (Å²) in [4.78, 5) is 37.3. The largest absolute Gasteiger partial charge is 0.416 e. The summed E-state index contributed by atoms with van der Waals surface area (Å²) in [6.45, 7) is -2.37. The number of hydrogen-bond acceptors (Lipinski definition) is 5. The first-order valence-electron chi connectivity index (χ1n) is 10.8. The number of nitrogens with one attached hydrogen (secondary N) is 5. The van der Waals surface area contributed by atoms with Gasteiger partial charge in [0, 0.05) is 18.8 Å². The molecule has 0 saturated heterocycles. The van der Waals surface area contributed by atoms with Crippen molar-refractivity contribution in [2.24, 2.45) is 0 Å². The van der Waals surface area contributed by atoms with E-state index in [-0.39, 0.29) is 23.1 Å². The number of carbonyl (C=O) groups is 3. The van der Waals surface area contributed by atoms with Crippen molar-refractivity contribution in [1.29, 1.82) is 5.41 Å². The highest BCUT2D eigenvalue weighted by atomic mass is 19.4. The monoisotopic (exact) mass is 543 g/mol. The van der Waals surface area contributed by atoms with Crippen LogP contribution in [-0.4, -0.2) is 56.3 Å². The third-order valence-electron chi connectivity index (χ3n) is 5.32. The molecule has 0 radical (unpaired) electrons. The normalized spacial score (nSPS) is 13.6. The van der Waals surface area contributed by atoms with Crippen LogP contribution in [0, 0.1) is 5.41 Å². The summed E-state index contributed by atoms with van der Waals surface area (Å²) in [5.41, 5.74) is -3.23. The Morgan fingerprint density at radius 1 is 0.921 bits per heavy atom. The first-order valence-corrected chi connectivity index (χ1v) is 10.8. The van der Waals surface area contributed by atoms with Gasteiger partial charge in [0.1, 0.15) is 6.54 Å². The summed E-state index contributed by atoms with van der Waals surface area (Å²) in [5.74, 6) is -1.85. The quantitative estimate of drug-likeness (QED) is 0.170. The molecule has 0 fully saturated rings. The van der Waals surface area contributed by atoms with E-state index >= 15 is 0 Å². The molecule has 204 valence electrons. The Morgan fingerprint density at radius 2 is 1.55 bits per heavy atom. The van der Waals surface area contributed by atoms with Crippen molar-refractivity contribution in [3.8, 4) is 11.1 Å². The van der Waals surface area contributed by atoms with Gasteiger partial charge in [-0.1, -0.05) is 30.3 Å². The molecule has 2 aromatic rings. The molecule has 1 unspecified atom stereocenters. The maximum absolute atomic E-state index is 13.1. The van der Waals surface area contributed by atoms with Gasteiger partial charge in [0.2, 0.25) is 6.41 Å². The molecule has 0 aliphatic rings. The molecule has 0 saturated carbocycles. The Balaban J connectivity index is 2.44. The minimum Gasteiger partial charge on any atom is -0.377 e. The summed E-state index contributed by atoms with van der Waals surface area (Å²) in [6, 6.07) is 9.87. The molecule has 8 nitrogen and oxygen atoms in total. The first-order chi connectivity index (χ1) is 17.8. The van der Waals surface area contributed by atoms with E-state index in [0.717, 1.165) is 25.3 Å². The molecule has 0 aromatic heterocycles. The van der Waals surface area contributed by atoms with E-state index in [1.807, 2.05) is 5.32 Å². The van der Waals surface area contributed by atoms with Gasteiger partial charge in [-0.15, -0.1) is 0 Å². The number of rotatable bonds is 11. The van der Waals surface area contributed by atoms with Gasteiger partial charge in [-0.25, -0.2) is 0 Å². The van der Waals surface area contributed by atoms with Gasteiger partial charge in [0.15, 0.2) is 5.54 Å². The van der Waals surface area contributed by atoms with E-state index in [1.165, 1.54) is 30.3 Å². The van der Waals surface area contributed by atoms with Gasteiger partial charge in [-0.2, -0.15) is 26.3 Å². The van der Waals surface area contributed by atoms with Crippen LogP contribution in [0.5, 0.6) is 0 Å². The van der Waals surface area contributed by atoms with Crippen LogP contribution in [-0.2, 0) is 15.8 Å². The molecular weight excluding hydrogens is 520 g/mol. The predicted molar refractivity (Wildman–Crippen MR) is 126 cm³/mol. The molecule has 5 N–H and O–H groups in total. The lowest BCUT2D eigenvalue weighted by molar-refractivity contribution is -0.137. The standard InChI is InChI=1S/C24H23F6N5O3/c1-32-21(38)22(35-14-36,19(10-11-31)33-13-23(25,26)27)12-34-20(37)18-5-3-2-4-17(18)15-6-8-16(9-7-15)24(28,29)30/h2-11,14,31,33H,12-13H2,1H3,(H,32,38)(H,34,37)(H,35,36)/b19-10-,31-11?. The summed E-state index contributed by atoms with van der Waals surface area (Å²) < 4.78 is 77.4. The molecule has 0 bridgehead atoms. The number of allylic oxidation sites excluding steroid dienone is 1. The number of hydrogen-bond donors (Lipinski definition) is 5. The minimum absolute atomic E-state index is 0.0231. The zero-order valence-electron chi connectivity index (χ0n) is 19.8. The van der Waals surface area contributed by atoms with Gasteiger partial charge in [0.25, 0.3) is 11.8 Å². The SMILES string of the molecule is CNC(=O)C(CNC(=O)c1ccccc1-c1ccc(C(F)(F)F)cc1)(NC=O)/C(=C/C=N)NCC(F)(F)F. The van der Waals surface area contributed by atoms with Gasteiger partial charge >= 0.3 is 12.4 Å². The summed E-state index contributed by atoms with van der Waals surface area (Å²) in [5, 5.41) is 16.0. The Morgan fingerprint density at radius 3 is 2.08 bits per heavy atom. The predicted octanol–water partition coefficient (Wildman–Crippen LogP) is 3.02. The Kier molecular flexibility index (Phi) is 9.63. The zero-order valence-corrected chi connectivity index (χ0v) is 19.8. The fourth-order valence-electron chi connectivity index (χ4n) is 3.52. The Hall–Kier alpha value is -4.36. The van der Waals surface area contributed by atoms with E-state index in [2.05, 4.69) is 16.0 Å². The maximum atomic E-state index is 13.1. The van der Waals surface area contributed by atoms with E-state index in [4.69, 9.17) is 5.41 Å². The first kappa shape index (κ1) is 29.9. The van der Waals surface area contributed by atoms with Gasteiger partial charge < -0.3 is 26.7 Å². The van der Waals surface area contributed by atoms with Crippen molar-refractivity contribution in [3.05, 3.63) is 71.4 Å². The molecular formula is C24H23F6N5O3. The fraction of sp³-hybridized carbons (Fsp3) is 0.250. The number of alkyl halides is 6. The number of carbonyl (C=O) groups excluding carboxylic acids is 3. The van der Waals surface area contributed by atoms with Crippen molar-refractivity contribution in [2.45, 2.75) is 17.9 Å². The second-order valence-corrected chi connectivity index (χ2v) is 7.77. The van der Waals surface area contributed by atoms with E-state index in [9.17, 15) is 40.7 Å². The number of amides is 3. The fourth-order valence-corrected chi connectivity index (χ4v) is 3.52. The van der Waals surface area contributed by atoms with E-state index in [1.54, 1.807) is 6.07 Å². The molecule has 0 aliphatic carbocycles. The van der Waals surface area contributed by atoms with Crippen LogP contribution in [0.1, 0.15) is 15.9 Å². The minimum atomic E-state index is -4.72. The topological polar surface area (TPSA) is 123 Å². The maximum Gasteiger partial charge on any atom is 0.416 e. The van der Waals surface area contributed by atoms with Crippen molar-refractivity contribution in [2.75, 3.05) is 20.1 Å². The summed E-state index contributed by atoms with van der Waals surface area (Å²) in [7, 11) is 1.15. The van der Waals surface area contributed by atoms with E-state index < -0.39 is 54.1 Å². The molecule has 0 aliphatic heterocycles. The molecule has 3 amide bonds. The number of halogens is 6. The van der Waals surface area contributed by atoms with Crippen LogP contribution in [0.3, 0.4) is 0 Å². The van der Waals surface area contributed by atoms with Gasteiger partial charge in [-0.3, -0.25) is 14.4 Å². The van der Waals surface area contributed by atoms with Crippen LogP contribution >= 0.6 is 0 Å². The lowest BCUT2D eigenvalue weighted by Gasteiger charge is -2.34. The zero-order chi connectivity index (χ0) is 28.6. The molecule has 2 rings (SSSR count). The van der Waals surface area contributed by atoms with Crippen LogP contribution in [0.15, 0.2) is 60.3 Å². The van der Waals surface area contributed by atoms with Crippen LogP contribution < -0.4 is 21.3 Å². The van der Waals surface area contributed by atoms with Crippen molar-refractivity contribution in [3.63, 3.8) is 0 Å². The number of benzene rings is 2. The molecule has 0 heterocycles. The molecule has 2 aromatic carbocycles. The smallest absolute Gasteiger partial charge is 0.377 e. The third-order valence-corrected chi connectivity index (χ3v) is 5.32. The van der Waals surface area contributed by atoms with Crippen LogP contribution in [0.2, 0.25) is 0 Å². The highest BCUT2D eigenvalue weighted by molar-refractivity contribution is 6.02. The number of likely N-dealkylation sites (N-methyl/N-ethyl adjacent to an activating group) is 1. The average Bonchev–Trinajstić information content (AvgIpc) is 2.87. The summed E-state index contributed by atoms with van der Waals surface area (Å²) >= 11 is 0. The molecule has 38 heavy (non-hydrogen) atoms. The molecule has 14 heteroatoms. The Labute approximate surface area is 213 Å². The highest BCUT2D eigenvalue weighted by Gasteiger charge is 2.43. The molecule has 0 spiro atoms. The summed E-state index contributed by atoms with van der Waals surface area (Å²) in [6.07, 6.45) is -7.83. The van der Waals surface area contributed by atoms with E-state index in [0.29, 0.717) is 6.21 Å². The van der Waals surface area contributed by atoms with Crippen LogP contribution in [0.4, 0.5) is 26.3 Å². The second-order valence-electron chi connectivity index (χ2n) is 7.77. The van der Waals surface area contributed by atoms with Crippen molar-refractivity contribution in [1.82, 2.24) is 21.3 Å². The van der Waals surface area contributed by atoms with Gasteiger partial charge in [0.05, 0.1) is 17.8 Å². The third kappa shape index (κ3) is 7.33. The average molecular weight is 543 g/mol. The Bertz CT molecular complexity index is 1200. The highest BCUT2D eigenvalue weighted by Crippen LogP contribution is 2.32. The van der Waals surface area contributed by atoms with Crippen molar-refractivity contribution < 1.29 is 40.7 Å². The van der Waals surface area contributed by atoms with Crippen molar-refractivity contribution >= 4 is 24.4 Å². The van der Waals surface area contributed by atoms with Crippen LogP contribution in [0.25, 0.3) is 11.1 Å². The lowest BCUT2D eigenvalue weighted by atomic mass is 9.92. The second kappa shape index (κ2) is 12.3. The lowest BCUT2D eigenvalue weighted by Crippen LogP contribution is -2.65. The van der Waals surface area contributed by atoms with Gasteiger partial charge in [-0.05, 0) is 35.4 Å².